The standard InChI is InChI=1S/C28H34N4O6/c1-28(22-13-12-20-27(29)30-17-31-32(20)22)26(35)25(37-24(34)15-19-10-6-3-7-11-19)21(38-28)16-36-23(33)14-18-8-4-2-5-9-18/h2,4-5,8-9,12-13,17,19,21,25-26,35H,3,6-7,10-11,14-16H2,1H3,(H2,29,30,31)/t21-,25-,26-,28+/m1/s1. The van der Waals surface area contributed by atoms with Crippen molar-refractivity contribution in [3.8, 4) is 0 Å². The molecule has 10 nitrogen and oxygen atoms in total. The van der Waals surface area contributed by atoms with Crippen molar-refractivity contribution in [3.05, 3.63) is 60.0 Å². The first-order chi connectivity index (χ1) is 18.3. The molecule has 202 valence electrons. The van der Waals surface area contributed by atoms with Gasteiger partial charge in [0.15, 0.2) is 11.9 Å². The highest BCUT2D eigenvalue weighted by Crippen LogP contribution is 2.42. The third kappa shape index (κ3) is 5.37. The largest absolute Gasteiger partial charge is 0.463 e. The topological polar surface area (TPSA) is 138 Å². The number of aliphatic hydroxyl groups is 1. The maximum Gasteiger partial charge on any atom is 0.310 e. The second kappa shape index (κ2) is 11.1. The summed E-state index contributed by atoms with van der Waals surface area (Å²) in [6.45, 7) is 1.52. The molecule has 1 aliphatic heterocycles. The van der Waals surface area contributed by atoms with E-state index in [1.165, 1.54) is 12.7 Å². The molecule has 2 aromatic heterocycles. The lowest BCUT2D eigenvalue weighted by molar-refractivity contribution is -0.161. The van der Waals surface area contributed by atoms with Gasteiger partial charge in [0.05, 0.1) is 12.1 Å². The summed E-state index contributed by atoms with van der Waals surface area (Å²) >= 11 is 0. The molecule has 4 atom stereocenters. The fourth-order valence-corrected chi connectivity index (χ4v) is 5.59. The van der Waals surface area contributed by atoms with Crippen molar-refractivity contribution in [2.45, 2.75) is 75.8 Å². The molecule has 38 heavy (non-hydrogen) atoms. The monoisotopic (exact) mass is 522 g/mol. The van der Waals surface area contributed by atoms with E-state index in [2.05, 4.69) is 10.1 Å². The number of carbonyl (C=O) groups is 2. The van der Waals surface area contributed by atoms with Gasteiger partial charge in [0.1, 0.15) is 36.3 Å². The van der Waals surface area contributed by atoms with Crippen LogP contribution in [0.5, 0.6) is 0 Å². The SMILES string of the molecule is C[C@@]1(c2ccc3c(N)ncnn23)O[C@H](COC(=O)Cc2ccccc2)[C@@H](OC(=O)CC2CCCCC2)[C@H]1O. The Morgan fingerprint density at radius 1 is 1.13 bits per heavy atom. The van der Waals surface area contributed by atoms with Crippen molar-refractivity contribution >= 4 is 23.3 Å². The fourth-order valence-electron chi connectivity index (χ4n) is 5.59. The summed E-state index contributed by atoms with van der Waals surface area (Å²) in [6.07, 6.45) is 3.94. The Labute approximate surface area is 221 Å². The second-order valence-electron chi connectivity index (χ2n) is 10.4. The third-order valence-corrected chi connectivity index (χ3v) is 7.68. The van der Waals surface area contributed by atoms with Gasteiger partial charge in [-0.1, -0.05) is 49.6 Å². The molecule has 1 aliphatic carbocycles. The summed E-state index contributed by atoms with van der Waals surface area (Å²) in [6, 6.07) is 12.7. The molecule has 2 aliphatic rings. The Morgan fingerprint density at radius 2 is 1.89 bits per heavy atom. The van der Waals surface area contributed by atoms with E-state index < -0.39 is 29.9 Å². The van der Waals surface area contributed by atoms with Crippen molar-refractivity contribution < 1.29 is 28.9 Å². The summed E-state index contributed by atoms with van der Waals surface area (Å²) in [7, 11) is 0. The molecule has 3 N–H and O–H groups in total. The maximum absolute atomic E-state index is 13.0. The molecule has 10 heteroatoms. The maximum atomic E-state index is 13.0. The first-order valence-corrected chi connectivity index (χ1v) is 13.2. The molecule has 3 aromatic rings. The molecular formula is C28H34N4O6. The van der Waals surface area contributed by atoms with E-state index in [-0.39, 0.29) is 37.2 Å². The van der Waals surface area contributed by atoms with Crippen molar-refractivity contribution in [2.24, 2.45) is 5.92 Å². The van der Waals surface area contributed by atoms with Gasteiger partial charge in [0.25, 0.3) is 0 Å². The minimum Gasteiger partial charge on any atom is -0.463 e. The van der Waals surface area contributed by atoms with Crippen molar-refractivity contribution in [1.82, 2.24) is 14.6 Å². The van der Waals surface area contributed by atoms with Gasteiger partial charge in [-0.05, 0) is 43.4 Å². The Kier molecular flexibility index (Phi) is 7.62. The number of ether oxygens (including phenoxy) is 3. The zero-order valence-corrected chi connectivity index (χ0v) is 21.5. The van der Waals surface area contributed by atoms with Crippen LogP contribution in [0.15, 0.2) is 48.8 Å². The molecule has 3 heterocycles. The highest BCUT2D eigenvalue weighted by atomic mass is 16.6. The number of nitrogens with two attached hydrogens (primary N) is 1. The van der Waals surface area contributed by atoms with Crippen LogP contribution in [0.4, 0.5) is 5.82 Å². The van der Waals surface area contributed by atoms with Gasteiger partial charge in [0.2, 0.25) is 0 Å². The fraction of sp³-hybridized carbons (Fsp3) is 0.500. The van der Waals surface area contributed by atoms with Crippen LogP contribution in [-0.2, 0) is 35.8 Å². The van der Waals surface area contributed by atoms with Gasteiger partial charge in [0, 0.05) is 6.42 Å². The summed E-state index contributed by atoms with van der Waals surface area (Å²) in [5, 5.41) is 15.8. The number of nitrogens with zero attached hydrogens (tertiary/aromatic N) is 3. The number of rotatable bonds is 8. The predicted molar refractivity (Wildman–Crippen MR) is 138 cm³/mol. The summed E-state index contributed by atoms with van der Waals surface area (Å²) in [5.74, 6) is -0.271. The van der Waals surface area contributed by atoms with Gasteiger partial charge in [-0.3, -0.25) is 9.59 Å². The number of hydrogen-bond donors (Lipinski definition) is 2. The Balaban J connectivity index is 1.35. The minimum absolute atomic E-state index is 0.0963. The van der Waals surface area contributed by atoms with Gasteiger partial charge >= 0.3 is 11.9 Å². The lowest BCUT2D eigenvalue weighted by Gasteiger charge is -2.28. The number of carbonyl (C=O) groups excluding carboxylic acids is 2. The van der Waals surface area contributed by atoms with Gasteiger partial charge in [-0.15, -0.1) is 0 Å². The van der Waals surface area contributed by atoms with E-state index in [0.717, 1.165) is 31.2 Å². The zero-order valence-electron chi connectivity index (χ0n) is 21.5. The first-order valence-electron chi connectivity index (χ1n) is 13.2. The second-order valence-corrected chi connectivity index (χ2v) is 10.4. The average molecular weight is 523 g/mol. The molecule has 0 unspecified atom stereocenters. The van der Waals surface area contributed by atoms with Crippen molar-refractivity contribution in [2.75, 3.05) is 12.3 Å². The molecule has 1 saturated carbocycles. The van der Waals surface area contributed by atoms with Gasteiger partial charge in [-0.25, -0.2) is 9.50 Å². The Hall–Kier alpha value is -3.50. The third-order valence-electron chi connectivity index (χ3n) is 7.68. The molecule has 0 bridgehead atoms. The van der Waals surface area contributed by atoms with Gasteiger partial charge < -0.3 is 25.1 Å². The first kappa shape index (κ1) is 26.1. The van der Waals surface area contributed by atoms with Gasteiger partial charge in [-0.2, -0.15) is 5.10 Å². The number of hydrogen-bond acceptors (Lipinski definition) is 9. The molecule has 5 rings (SSSR count). The minimum atomic E-state index is -1.32. The van der Waals surface area contributed by atoms with Crippen LogP contribution in [0, 0.1) is 5.92 Å². The van der Waals surface area contributed by atoms with Crippen LogP contribution < -0.4 is 5.73 Å². The average Bonchev–Trinajstić information content (AvgIpc) is 3.46. The van der Waals surface area contributed by atoms with Crippen LogP contribution in [-0.4, -0.2) is 56.6 Å². The van der Waals surface area contributed by atoms with E-state index in [4.69, 9.17) is 19.9 Å². The van der Waals surface area contributed by atoms with Crippen LogP contribution in [0.25, 0.3) is 5.52 Å². The van der Waals surface area contributed by atoms with E-state index in [1.807, 2.05) is 30.3 Å². The van der Waals surface area contributed by atoms with E-state index in [1.54, 1.807) is 23.6 Å². The Bertz CT molecular complexity index is 1270. The number of nitrogen functional groups attached to an aromatic ring is 1. The van der Waals surface area contributed by atoms with E-state index >= 15 is 0 Å². The molecular weight excluding hydrogens is 488 g/mol. The molecule has 0 amide bonds. The summed E-state index contributed by atoms with van der Waals surface area (Å²) in [4.78, 5) is 29.5. The zero-order chi connectivity index (χ0) is 26.7. The molecule has 2 fully saturated rings. The number of anilines is 1. The van der Waals surface area contributed by atoms with Crippen molar-refractivity contribution in [3.63, 3.8) is 0 Å². The lowest BCUT2D eigenvalue weighted by atomic mass is 9.87. The molecule has 1 saturated heterocycles. The number of fused-ring (bicyclic) bond motifs is 1. The molecule has 0 spiro atoms. The van der Waals surface area contributed by atoms with E-state index in [0.29, 0.717) is 11.2 Å². The van der Waals surface area contributed by atoms with Crippen LogP contribution in [0.3, 0.4) is 0 Å². The Morgan fingerprint density at radius 3 is 2.66 bits per heavy atom. The highest BCUT2D eigenvalue weighted by Gasteiger charge is 2.56. The van der Waals surface area contributed by atoms with E-state index in [9.17, 15) is 14.7 Å². The van der Waals surface area contributed by atoms with Crippen LogP contribution in [0.1, 0.15) is 56.7 Å². The van der Waals surface area contributed by atoms with Crippen LogP contribution in [0.2, 0.25) is 0 Å². The van der Waals surface area contributed by atoms with Crippen LogP contribution >= 0.6 is 0 Å². The predicted octanol–water partition coefficient (Wildman–Crippen LogP) is 2.95. The lowest BCUT2D eigenvalue weighted by Crippen LogP contribution is -2.42. The number of aromatic nitrogens is 3. The quantitative estimate of drug-likeness (QED) is 0.428. The molecule has 0 radical (unpaired) electrons. The number of esters is 2. The number of benzene rings is 1. The number of aliphatic hydroxyl groups excluding tert-OH is 1. The normalized spacial score (nSPS) is 25.9. The van der Waals surface area contributed by atoms with Crippen molar-refractivity contribution in [1.29, 1.82) is 0 Å². The smallest absolute Gasteiger partial charge is 0.310 e. The molecule has 1 aromatic carbocycles. The summed E-state index contributed by atoms with van der Waals surface area (Å²) in [5.41, 5.74) is 6.57. The summed E-state index contributed by atoms with van der Waals surface area (Å²) < 4.78 is 19.3. The highest BCUT2D eigenvalue weighted by molar-refractivity contribution is 5.72.